The van der Waals surface area contributed by atoms with Crippen molar-refractivity contribution in [3.8, 4) is 0 Å². The van der Waals surface area contributed by atoms with Gasteiger partial charge in [-0.3, -0.25) is 4.79 Å². The largest absolute Gasteiger partial charge is 0.481 e. The van der Waals surface area contributed by atoms with Crippen LogP contribution in [0.15, 0.2) is 12.7 Å². The Labute approximate surface area is 106 Å². The standard InChI is InChI=1S/C14H18O4/c1-2-11(15)18-13-10-6-9(12(13)14(16)17)7-4-3-5-8(7)10/h2,7-10,12-13H,1,3-6H2,(H,16,17). The third-order valence-corrected chi connectivity index (χ3v) is 5.21. The summed E-state index contributed by atoms with van der Waals surface area (Å²) in [6.07, 6.45) is 5.12. The van der Waals surface area contributed by atoms with Gasteiger partial charge in [-0.2, -0.15) is 0 Å². The number of aliphatic carboxylic acids is 1. The minimum Gasteiger partial charge on any atom is -0.481 e. The van der Waals surface area contributed by atoms with Gasteiger partial charge in [-0.25, -0.2) is 4.79 Å². The van der Waals surface area contributed by atoms with Crippen LogP contribution < -0.4 is 0 Å². The summed E-state index contributed by atoms with van der Waals surface area (Å²) < 4.78 is 5.34. The van der Waals surface area contributed by atoms with Crippen LogP contribution in [0.3, 0.4) is 0 Å². The zero-order valence-corrected chi connectivity index (χ0v) is 10.2. The molecule has 3 aliphatic carbocycles. The van der Waals surface area contributed by atoms with Crippen LogP contribution >= 0.6 is 0 Å². The lowest BCUT2D eigenvalue weighted by molar-refractivity contribution is -0.161. The molecule has 6 unspecified atom stereocenters. The fraction of sp³-hybridized carbons (Fsp3) is 0.714. The summed E-state index contributed by atoms with van der Waals surface area (Å²) in [6, 6.07) is 0. The lowest BCUT2D eigenvalue weighted by Gasteiger charge is -2.35. The van der Waals surface area contributed by atoms with Gasteiger partial charge in [0.25, 0.3) is 0 Å². The molecule has 0 saturated heterocycles. The molecule has 0 radical (unpaired) electrons. The van der Waals surface area contributed by atoms with Gasteiger partial charge in [0.2, 0.25) is 0 Å². The maximum absolute atomic E-state index is 11.4. The smallest absolute Gasteiger partial charge is 0.330 e. The lowest BCUT2D eigenvalue weighted by atomic mass is 9.74. The van der Waals surface area contributed by atoms with E-state index in [0.717, 1.165) is 18.9 Å². The van der Waals surface area contributed by atoms with Crippen molar-refractivity contribution in [2.45, 2.75) is 31.8 Å². The fourth-order valence-electron chi connectivity index (χ4n) is 4.71. The van der Waals surface area contributed by atoms with Crippen LogP contribution in [0.25, 0.3) is 0 Å². The van der Waals surface area contributed by atoms with E-state index >= 15 is 0 Å². The fourth-order valence-corrected chi connectivity index (χ4v) is 4.71. The number of carboxylic acids is 1. The van der Waals surface area contributed by atoms with E-state index in [1.54, 1.807) is 0 Å². The average Bonchev–Trinajstić information content (AvgIpc) is 2.97. The zero-order valence-electron chi connectivity index (χ0n) is 10.2. The molecule has 4 heteroatoms. The number of carbonyl (C=O) groups is 2. The maximum atomic E-state index is 11.4. The number of carbonyl (C=O) groups excluding carboxylic acids is 1. The van der Waals surface area contributed by atoms with Crippen molar-refractivity contribution in [1.82, 2.24) is 0 Å². The molecule has 2 bridgehead atoms. The highest BCUT2D eigenvalue weighted by Gasteiger charge is 2.62. The molecule has 0 heterocycles. The number of hydrogen-bond acceptors (Lipinski definition) is 3. The quantitative estimate of drug-likeness (QED) is 0.613. The van der Waals surface area contributed by atoms with E-state index in [9.17, 15) is 14.7 Å². The summed E-state index contributed by atoms with van der Waals surface area (Å²) in [5.41, 5.74) is 0. The Morgan fingerprint density at radius 2 is 1.83 bits per heavy atom. The predicted molar refractivity (Wildman–Crippen MR) is 63.6 cm³/mol. The SMILES string of the molecule is C=CC(=O)OC1C2CC(C3CCCC32)C1C(=O)O. The highest BCUT2D eigenvalue weighted by molar-refractivity contribution is 5.82. The molecule has 3 aliphatic rings. The molecule has 6 atom stereocenters. The summed E-state index contributed by atoms with van der Waals surface area (Å²) in [4.78, 5) is 22.8. The molecular formula is C14H18O4. The van der Waals surface area contributed by atoms with Crippen LogP contribution in [0, 0.1) is 29.6 Å². The first-order valence-corrected chi connectivity index (χ1v) is 6.69. The molecule has 18 heavy (non-hydrogen) atoms. The maximum Gasteiger partial charge on any atom is 0.330 e. The van der Waals surface area contributed by atoms with Crippen molar-refractivity contribution in [3.63, 3.8) is 0 Å². The Kier molecular flexibility index (Phi) is 2.68. The van der Waals surface area contributed by atoms with E-state index in [-0.39, 0.29) is 11.8 Å². The van der Waals surface area contributed by atoms with Crippen molar-refractivity contribution in [2.75, 3.05) is 0 Å². The molecule has 0 spiro atoms. The van der Waals surface area contributed by atoms with Gasteiger partial charge in [-0.1, -0.05) is 13.0 Å². The molecular weight excluding hydrogens is 232 g/mol. The molecule has 0 amide bonds. The van der Waals surface area contributed by atoms with Gasteiger partial charge in [-0.15, -0.1) is 0 Å². The molecule has 3 saturated carbocycles. The van der Waals surface area contributed by atoms with Crippen molar-refractivity contribution >= 4 is 11.9 Å². The molecule has 0 aliphatic heterocycles. The number of hydrogen-bond donors (Lipinski definition) is 1. The first-order valence-electron chi connectivity index (χ1n) is 6.69. The normalized spacial score (nSPS) is 44.7. The molecule has 4 nitrogen and oxygen atoms in total. The Morgan fingerprint density at radius 1 is 1.17 bits per heavy atom. The lowest BCUT2D eigenvalue weighted by Crippen LogP contribution is -2.42. The van der Waals surface area contributed by atoms with E-state index < -0.39 is 24.0 Å². The van der Waals surface area contributed by atoms with Crippen LogP contribution in [-0.4, -0.2) is 23.1 Å². The summed E-state index contributed by atoms with van der Waals surface area (Å²) >= 11 is 0. The Hall–Kier alpha value is -1.32. The topological polar surface area (TPSA) is 63.6 Å². The molecule has 1 N–H and O–H groups in total. The number of esters is 1. The van der Waals surface area contributed by atoms with E-state index in [2.05, 4.69) is 6.58 Å². The number of rotatable bonds is 3. The number of carboxylic acid groups (broad SMARTS) is 1. The van der Waals surface area contributed by atoms with Gasteiger partial charge in [-0.05, 0) is 37.0 Å². The first kappa shape index (κ1) is 11.8. The first-order chi connectivity index (χ1) is 8.63. The van der Waals surface area contributed by atoms with E-state index in [1.165, 1.54) is 12.8 Å². The van der Waals surface area contributed by atoms with Gasteiger partial charge < -0.3 is 9.84 Å². The average molecular weight is 250 g/mol. The van der Waals surface area contributed by atoms with Crippen molar-refractivity contribution in [2.24, 2.45) is 29.6 Å². The molecule has 3 fully saturated rings. The van der Waals surface area contributed by atoms with Crippen LogP contribution in [0.5, 0.6) is 0 Å². The highest BCUT2D eigenvalue weighted by atomic mass is 16.5. The van der Waals surface area contributed by atoms with Gasteiger partial charge in [0.15, 0.2) is 0 Å². The summed E-state index contributed by atoms with van der Waals surface area (Å²) in [5, 5.41) is 9.39. The van der Waals surface area contributed by atoms with E-state index in [0.29, 0.717) is 11.8 Å². The number of fused-ring (bicyclic) bond motifs is 5. The molecule has 0 aromatic rings. The predicted octanol–water partition coefficient (Wildman–Crippen LogP) is 1.85. The molecule has 3 rings (SSSR count). The summed E-state index contributed by atoms with van der Waals surface area (Å²) in [6.45, 7) is 3.38. The third kappa shape index (κ3) is 1.51. The number of ether oxygens (including phenoxy) is 1. The Morgan fingerprint density at radius 3 is 2.44 bits per heavy atom. The monoisotopic (exact) mass is 250 g/mol. The van der Waals surface area contributed by atoms with Crippen molar-refractivity contribution in [1.29, 1.82) is 0 Å². The van der Waals surface area contributed by atoms with E-state index in [4.69, 9.17) is 4.74 Å². The van der Waals surface area contributed by atoms with Gasteiger partial charge in [0.05, 0.1) is 5.92 Å². The van der Waals surface area contributed by atoms with Crippen LogP contribution in [-0.2, 0) is 14.3 Å². The summed E-state index contributed by atoms with van der Waals surface area (Å²) in [5.74, 6) is -0.209. The van der Waals surface area contributed by atoms with Gasteiger partial charge in [0, 0.05) is 12.0 Å². The minimum absolute atomic E-state index is 0.211. The zero-order chi connectivity index (χ0) is 12.9. The minimum atomic E-state index is -0.810. The highest BCUT2D eigenvalue weighted by Crippen LogP contribution is 2.61. The van der Waals surface area contributed by atoms with Crippen molar-refractivity contribution in [3.05, 3.63) is 12.7 Å². The second-order valence-corrected chi connectivity index (χ2v) is 5.79. The summed E-state index contributed by atoms with van der Waals surface area (Å²) in [7, 11) is 0. The molecule has 0 aromatic carbocycles. The van der Waals surface area contributed by atoms with Crippen molar-refractivity contribution < 1.29 is 19.4 Å². The molecule has 0 aromatic heterocycles. The van der Waals surface area contributed by atoms with Crippen LogP contribution in [0.4, 0.5) is 0 Å². The van der Waals surface area contributed by atoms with E-state index in [1.807, 2.05) is 0 Å². The second-order valence-electron chi connectivity index (χ2n) is 5.79. The Bertz CT molecular complexity index is 403. The van der Waals surface area contributed by atoms with Crippen LogP contribution in [0.1, 0.15) is 25.7 Å². The molecule has 98 valence electrons. The Balaban J connectivity index is 1.85. The van der Waals surface area contributed by atoms with Gasteiger partial charge in [0.1, 0.15) is 6.10 Å². The van der Waals surface area contributed by atoms with Gasteiger partial charge >= 0.3 is 11.9 Å². The van der Waals surface area contributed by atoms with Crippen LogP contribution in [0.2, 0.25) is 0 Å². The third-order valence-electron chi connectivity index (χ3n) is 5.21. The second kappa shape index (κ2) is 4.11.